The van der Waals surface area contributed by atoms with Crippen molar-refractivity contribution in [2.75, 3.05) is 5.75 Å². The van der Waals surface area contributed by atoms with Crippen molar-refractivity contribution in [3.8, 4) is 0 Å². The highest BCUT2D eigenvalue weighted by Gasteiger charge is 2.16. The molecule has 0 saturated carbocycles. The molecule has 1 aliphatic rings. The first-order chi connectivity index (χ1) is 3.80. The van der Waals surface area contributed by atoms with Crippen LogP contribution in [0.2, 0.25) is 0 Å². The number of rotatable bonds is 0. The number of halogens is 1. The number of hydrogen-bond acceptors (Lipinski definition) is 1. The minimum absolute atomic E-state index is 0.288. The van der Waals surface area contributed by atoms with E-state index >= 15 is 0 Å². The van der Waals surface area contributed by atoms with Gasteiger partial charge < -0.3 is 0 Å². The molecule has 0 aromatic rings. The van der Waals surface area contributed by atoms with Crippen LogP contribution in [-0.4, -0.2) is 14.1 Å². The van der Waals surface area contributed by atoms with Crippen molar-refractivity contribution in [2.45, 2.75) is 23.4 Å². The van der Waals surface area contributed by atoms with Crippen LogP contribution in [0.5, 0.6) is 0 Å². The molecule has 3 heteroatoms. The third-order valence-electron chi connectivity index (χ3n) is 1.31. The van der Waals surface area contributed by atoms with Gasteiger partial charge in [-0.1, -0.05) is 22.4 Å². The van der Waals surface area contributed by atoms with Crippen molar-refractivity contribution in [3.05, 3.63) is 0 Å². The SMILES string of the molecule is O=S1CCCC[C@@H]1Br. The summed E-state index contributed by atoms with van der Waals surface area (Å²) in [4.78, 5) is 0. The second kappa shape index (κ2) is 2.97. The topological polar surface area (TPSA) is 17.1 Å². The van der Waals surface area contributed by atoms with Crippen molar-refractivity contribution >= 4 is 26.7 Å². The summed E-state index contributed by atoms with van der Waals surface area (Å²) in [6.07, 6.45) is 3.48. The predicted octanol–water partition coefficient (Wildman–Crippen LogP) is 1.64. The molecule has 8 heavy (non-hydrogen) atoms. The normalized spacial score (nSPS) is 39.6. The van der Waals surface area contributed by atoms with E-state index in [-0.39, 0.29) is 4.16 Å². The Hall–Kier alpha value is 0.630. The van der Waals surface area contributed by atoms with Crippen LogP contribution in [0.25, 0.3) is 0 Å². The smallest absolute Gasteiger partial charge is 0.0898 e. The van der Waals surface area contributed by atoms with E-state index in [0.717, 1.165) is 18.6 Å². The highest BCUT2D eigenvalue weighted by Crippen LogP contribution is 2.20. The van der Waals surface area contributed by atoms with E-state index in [2.05, 4.69) is 15.9 Å². The molecule has 1 unspecified atom stereocenters. The summed E-state index contributed by atoms with van der Waals surface area (Å²) in [7, 11) is -0.568. The van der Waals surface area contributed by atoms with Gasteiger partial charge in [0.1, 0.15) is 0 Å². The molecule has 0 aromatic heterocycles. The third kappa shape index (κ3) is 1.55. The number of alkyl halides is 1. The van der Waals surface area contributed by atoms with Crippen LogP contribution in [-0.2, 0) is 10.8 Å². The lowest BCUT2D eigenvalue weighted by Crippen LogP contribution is -2.15. The molecule has 1 nitrogen and oxygen atoms in total. The zero-order chi connectivity index (χ0) is 5.98. The summed E-state index contributed by atoms with van der Waals surface area (Å²) in [5, 5.41) is 0. The fraction of sp³-hybridized carbons (Fsp3) is 1.00. The summed E-state index contributed by atoms with van der Waals surface area (Å²) in [6.45, 7) is 0. The highest BCUT2D eigenvalue weighted by atomic mass is 79.9. The molecule has 0 amide bonds. The van der Waals surface area contributed by atoms with Gasteiger partial charge in [0.25, 0.3) is 0 Å². The molecule has 1 aliphatic heterocycles. The zero-order valence-electron chi connectivity index (χ0n) is 4.60. The first-order valence-corrected chi connectivity index (χ1v) is 5.12. The van der Waals surface area contributed by atoms with Gasteiger partial charge in [0, 0.05) is 16.6 Å². The maximum absolute atomic E-state index is 10.9. The fourth-order valence-corrected chi connectivity index (χ4v) is 2.87. The Labute approximate surface area is 60.4 Å². The molecule has 1 heterocycles. The minimum Gasteiger partial charge on any atom is -0.258 e. The lowest BCUT2D eigenvalue weighted by Gasteiger charge is -2.14. The molecule has 1 fully saturated rings. The van der Waals surface area contributed by atoms with Gasteiger partial charge in [0.15, 0.2) is 0 Å². The third-order valence-corrected chi connectivity index (χ3v) is 4.52. The fourth-order valence-electron chi connectivity index (χ4n) is 0.808. The van der Waals surface area contributed by atoms with Gasteiger partial charge in [0.2, 0.25) is 0 Å². The standard InChI is InChI=1S/C5H9BrOS/c6-5-3-1-2-4-8(5)7/h5H,1-4H2/t5-,8?/m1/s1. The first-order valence-electron chi connectivity index (χ1n) is 2.82. The molecule has 1 saturated heterocycles. The van der Waals surface area contributed by atoms with Gasteiger partial charge >= 0.3 is 0 Å². The Balaban J connectivity index is 2.39. The van der Waals surface area contributed by atoms with Gasteiger partial charge in [-0.2, -0.15) is 0 Å². The van der Waals surface area contributed by atoms with Crippen LogP contribution in [0.1, 0.15) is 19.3 Å². The quantitative estimate of drug-likeness (QED) is 0.539. The van der Waals surface area contributed by atoms with E-state index in [9.17, 15) is 4.21 Å². The monoisotopic (exact) mass is 196 g/mol. The summed E-state index contributed by atoms with van der Waals surface area (Å²) in [5.41, 5.74) is 0. The second-order valence-corrected chi connectivity index (χ2v) is 5.44. The summed E-state index contributed by atoms with van der Waals surface area (Å²) >= 11 is 3.35. The van der Waals surface area contributed by atoms with Crippen molar-refractivity contribution < 1.29 is 4.21 Å². The van der Waals surface area contributed by atoms with E-state index in [1.807, 2.05) is 0 Å². The van der Waals surface area contributed by atoms with E-state index in [1.165, 1.54) is 6.42 Å². The van der Waals surface area contributed by atoms with Gasteiger partial charge in [-0.05, 0) is 12.8 Å². The van der Waals surface area contributed by atoms with Gasteiger partial charge in [-0.25, -0.2) is 0 Å². The van der Waals surface area contributed by atoms with Crippen molar-refractivity contribution in [1.29, 1.82) is 0 Å². The average Bonchev–Trinajstić information content (AvgIpc) is 1.77. The van der Waals surface area contributed by atoms with Gasteiger partial charge in [0.05, 0.1) is 4.16 Å². The predicted molar refractivity (Wildman–Crippen MR) is 39.6 cm³/mol. The Morgan fingerprint density at radius 3 is 2.62 bits per heavy atom. The van der Waals surface area contributed by atoms with E-state index in [4.69, 9.17) is 0 Å². The van der Waals surface area contributed by atoms with Crippen LogP contribution in [0.3, 0.4) is 0 Å². The van der Waals surface area contributed by atoms with Crippen LogP contribution >= 0.6 is 15.9 Å². The Morgan fingerprint density at radius 1 is 1.50 bits per heavy atom. The van der Waals surface area contributed by atoms with Crippen LogP contribution < -0.4 is 0 Å². The minimum atomic E-state index is -0.568. The summed E-state index contributed by atoms with van der Waals surface area (Å²) < 4.78 is 11.1. The molecule has 0 radical (unpaired) electrons. The molecule has 0 aliphatic carbocycles. The summed E-state index contributed by atoms with van der Waals surface area (Å²) in [5.74, 6) is 0.899. The maximum Gasteiger partial charge on any atom is 0.0898 e. The average molecular weight is 197 g/mol. The van der Waals surface area contributed by atoms with E-state index in [1.54, 1.807) is 0 Å². The van der Waals surface area contributed by atoms with Crippen molar-refractivity contribution in [3.63, 3.8) is 0 Å². The van der Waals surface area contributed by atoms with E-state index in [0.29, 0.717) is 0 Å². The first kappa shape index (κ1) is 6.75. The highest BCUT2D eigenvalue weighted by molar-refractivity contribution is 9.11. The van der Waals surface area contributed by atoms with Crippen molar-refractivity contribution in [1.82, 2.24) is 0 Å². The molecule has 48 valence electrons. The molecule has 0 aromatic carbocycles. The molecular formula is C5H9BrOS. The largest absolute Gasteiger partial charge is 0.258 e. The zero-order valence-corrected chi connectivity index (χ0v) is 7.00. The van der Waals surface area contributed by atoms with Crippen LogP contribution in [0.15, 0.2) is 0 Å². The van der Waals surface area contributed by atoms with E-state index < -0.39 is 10.8 Å². The van der Waals surface area contributed by atoms with Crippen LogP contribution in [0, 0.1) is 0 Å². The molecule has 0 spiro atoms. The Bertz CT molecular complexity index is 105. The molecule has 0 N–H and O–H groups in total. The van der Waals surface area contributed by atoms with Crippen LogP contribution in [0.4, 0.5) is 0 Å². The lowest BCUT2D eigenvalue weighted by molar-refractivity contribution is 0.652. The lowest BCUT2D eigenvalue weighted by atomic mass is 10.3. The summed E-state index contributed by atoms with van der Waals surface area (Å²) in [6, 6.07) is 0. The maximum atomic E-state index is 10.9. The molecular weight excluding hydrogens is 188 g/mol. The number of hydrogen-bond donors (Lipinski definition) is 0. The molecule has 1 rings (SSSR count). The molecule has 2 atom stereocenters. The van der Waals surface area contributed by atoms with Gasteiger partial charge in [-0.3, -0.25) is 4.21 Å². The Kier molecular flexibility index (Phi) is 2.50. The molecule has 0 bridgehead atoms. The Morgan fingerprint density at radius 2 is 2.25 bits per heavy atom. The van der Waals surface area contributed by atoms with Crippen molar-refractivity contribution in [2.24, 2.45) is 0 Å². The second-order valence-electron chi connectivity index (χ2n) is 1.99. The van der Waals surface area contributed by atoms with Gasteiger partial charge in [-0.15, -0.1) is 0 Å².